The fraction of sp³-hybridized carbons (Fsp3) is 0.0800. The van der Waals surface area contributed by atoms with E-state index in [4.69, 9.17) is 5.73 Å². The molecule has 6 aromatic rings. The molecular formula is C25H20N8O. The van der Waals surface area contributed by atoms with Crippen LogP contribution in [-0.4, -0.2) is 40.9 Å². The topological polar surface area (TPSA) is 120 Å². The second-order valence-corrected chi connectivity index (χ2v) is 8.17. The molecule has 3 N–H and O–H groups in total. The van der Waals surface area contributed by atoms with Crippen LogP contribution in [0.5, 0.6) is 0 Å². The number of hydrogen-bond acceptors (Lipinski definition) is 5. The minimum Gasteiger partial charge on any atom is -0.366 e. The lowest BCUT2D eigenvalue weighted by atomic mass is 10.0. The summed E-state index contributed by atoms with van der Waals surface area (Å²) in [4.78, 5) is 11.4. The number of fused-ring (bicyclic) bond motifs is 2. The van der Waals surface area contributed by atoms with Crippen molar-refractivity contribution in [1.29, 1.82) is 0 Å². The van der Waals surface area contributed by atoms with Gasteiger partial charge in [0.2, 0.25) is 5.91 Å². The third-order valence-electron chi connectivity index (χ3n) is 6.13. The maximum Gasteiger partial charge on any atom is 0.248 e. The molecule has 1 unspecified atom stereocenters. The standard InChI is InChI=1S/C25H20N8O/c1-15(16-2-4-17(5-3-16)25(26)34)32-23(10-11-28-32)18-7-9-21-24(12-18)33(31-30-21)20-8-6-19-14-27-29-22(19)13-20/h2-15H,1H3,(H2,26,34)(H,27,29). The largest absolute Gasteiger partial charge is 0.366 e. The van der Waals surface area contributed by atoms with Gasteiger partial charge in [-0.2, -0.15) is 10.2 Å². The molecule has 3 aromatic carbocycles. The van der Waals surface area contributed by atoms with Gasteiger partial charge < -0.3 is 5.73 Å². The molecule has 0 aliphatic rings. The van der Waals surface area contributed by atoms with E-state index in [0.29, 0.717) is 5.56 Å². The van der Waals surface area contributed by atoms with E-state index in [0.717, 1.165) is 44.4 Å². The summed E-state index contributed by atoms with van der Waals surface area (Å²) in [5, 5.41) is 21.4. The monoisotopic (exact) mass is 448 g/mol. The van der Waals surface area contributed by atoms with Crippen molar-refractivity contribution in [2.24, 2.45) is 5.73 Å². The van der Waals surface area contributed by atoms with Crippen LogP contribution in [0.4, 0.5) is 0 Å². The molecule has 0 aliphatic heterocycles. The molecule has 166 valence electrons. The Morgan fingerprint density at radius 2 is 1.88 bits per heavy atom. The Morgan fingerprint density at radius 3 is 2.71 bits per heavy atom. The normalized spacial score (nSPS) is 12.4. The van der Waals surface area contributed by atoms with Crippen molar-refractivity contribution in [3.63, 3.8) is 0 Å². The van der Waals surface area contributed by atoms with Crippen LogP contribution in [-0.2, 0) is 0 Å². The molecule has 0 spiro atoms. The number of amides is 1. The number of nitrogens with one attached hydrogen (secondary N) is 1. The summed E-state index contributed by atoms with van der Waals surface area (Å²) in [7, 11) is 0. The molecule has 9 heteroatoms. The minimum atomic E-state index is -0.441. The second kappa shape index (κ2) is 7.66. The van der Waals surface area contributed by atoms with E-state index < -0.39 is 5.91 Å². The summed E-state index contributed by atoms with van der Waals surface area (Å²) in [6, 6.07) is 21.3. The van der Waals surface area contributed by atoms with E-state index in [1.807, 2.05) is 57.9 Å². The highest BCUT2D eigenvalue weighted by molar-refractivity contribution is 5.92. The quantitative estimate of drug-likeness (QED) is 0.415. The van der Waals surface area contributed by atoms with Gasteiger partial charge in [0.15, 0.2) is 0 Å². The molecule has 9 nitrogen and oxygen atoms in total. The molecule has 34 heavy (non-hydrogen) atoms. The van der Waals surface area contributed by atoms with Gasteiger partial charge in [-0.1, -0.05) is 23.4 Å². The summed E-state index contributed by atoms with van der Waals surface area (Å²) >= 11 is 0. The molecule has 6 rings (SSSR count). The summed E-state index contributed by atoms with van der Waals surface area (Å²) in [6.07, 6.45) is 3.58. The van der Waals surface area contributed by atoms with Gasteiger partial charge in [0.1, 0.15) is 5.52 Å². The Morgan fingerprint density at radius 1 is 1.03 bits per heavy atom. The Labute approximate surface area is 193 Å². The van der Waals surface area contributed by atoms with Crippen LogP contribution >= 0.6 is 0 Å². The number of aromatic nitrogens is 7. The third-order valence-corrected chi connectivity index (χ3v) is 6.13. The molecule has 0 fully saturated rings. The molecule has 0 bridgehead atoms. The van der Waals surface area contributed by atoms with E-state index in [-0.39, 0.29) is 6.04 Å². The molecule has 0 radical (unpaired) electrons. The first-order chi connectivity index (χ1) is 16.6. The average Bonchev–Trinajstić information content (AvgIpc) is 3.62. The minimum absolute atomic E-state index is 0.0477. The summed E-state index contributed by atoms with van der Waals surface area (Å²) in [6.45, 7) is 2.07. The number of carbonyl (C=O) groups excluding carboxylic acids is 1. The van der Waals surface area contributed by atoms with Crippen molar-refractivity contribution in [3.05, 3.63) is 90.3 Å². The number of nitrogens with zero attached hydrogens (tertiary/aromatic N) is 6. The summed E-state index contributed by atoms with van der Waals surface area (Å²) < 4.78 is 3.79. The number of hydrogen-bond donors (Lipinski definition) is 2. The van der Waals surface area contributed by atoms with Gasteiger partial charge in [0.25, 0.3) is 0 Å². The van der Waals surface area contributed by atoms with Crippen LogP contribution < -0.4 is 5.73 Å². The first-order valence-corrected chi connectivity index (χ1v) is 10.8. The molecule has 0 saturated heterocycles. The Kier molecular flexibility index (Phi) is 4.48. The fourth-order valence-corrected chi connectivity index (χ4v) is 4.24. The van der Waals surface area contributed by atoms with Gasteiger partial charge in [-0.15, -0.1) is 5.10 Å². The predicted octanol–water partition coefficient (Wildman–Crippen LogP) is 3.87. The van der Waals surface area contributed by atoms with E-state index in [1.54, 1.807) is 24.5 Å². The first kappa shape index (κ1) is 19.9. The molecule has 1 atom stereocenters. The Hall–Kier alpha value is -4.79. The van der Waals surface area contributed by atoms with E-state index >= 15 is 0 Å². The Balaban J connectivity index is 1.40. The SMILES string of the molecule is CC(c1ccc(C(N)=O)cc1)n1nccc1-c1ccc2nnn(-c3ccc4cn[nH]c4c3)c2c1. The van der Waals surface area contributed by atoms with Gasteiger partial charge in [0, 0.05) is 22.7 Å². The zero-order chi connectivity index (χ0) is 23.2. The van der Waals surface area contributed by atoms with E-state index in [1.165, 1.54) is 0 Å². The fourth-order valence-electron chi connectivity index (χ4n) is 4.24. The lowest BCUT2D eigenvalue weighted by Crippen LogP contribution is -2.12. The highest BCUT2D eigenvalue weighted by Crippen LogP contribution is 2.29. The van der Waals surface area contributed by atoms with E-state index in [9.17, 15) is 4.79 Å². The van der Waals surface area contributed by atoms with Gasteiger partial charge in [0.05, 0.1) is 34.7 Å². The maximum atomic E-state index is 11.4. The van der Waals surface area contributed by atoms with E-state index in [2.05, 4.69) is 38.6 Å². The highest BCUT2D eigenvalue weighted by atomic mass is 16.1. The lowest BCUT2D eigenvalue weighted by Gasteiger charge is -2.17. The number of aromatic amines is 1. The zero-order valence-electron chi connectivity index (χ0n) is 18.3. The lowest BCUT2D eigenvalue weighted by molar-refractivity contribution is 0.100. The van der Waals surface area contributed by atoms with Gasteiger partial charge in [-0.05, 0) is 61.0 Å². The number of benzene rings is 3. The number of rotatable bonds is 5. The highest BCUT2D eigenvalue weighted by Gasteiger charge is 2.16. The maximum absolute atomic E-state index is 11.4. The van der Waals surface area contributed by atoms with Crippen molar-refractivity contribution in [2.45, 2.75) is 13.0 Å². The second-order valence-electron chi connectivity index (χ2n) is 8.17. The smallest absolute Gasteiger partial charge is 0.248 e. The van der Waals surface area contributed by atoms with Gasteiger partial charge >= 0.3 is 0 Å². The number of carbonyl (C=O) groups is 1. The Bertz CT molecular complexity index is 1660. The van der Waals surface area contributed by atoms with Crippen LogP contribution in [0.3, 0.4) is 0 Å². The van der Waals surface area contributed by atoms with Crippen LogP contribution in [0.25, 0.3) is 38.9 Å². The molecule has 3 heterocycles. The summed E-state index contributed by atoms with van der Waals surface area (Å²) in [5.41, 5.74) is 12.4. The van der Waals surface area contributed by atoms with Crippen molar-refractivity contribution in [3.8, 4) is 16.9 Å². The number of nitrogens with two attached hydrogens (primary N) is 1. The zero-order valence-corrected chi connectivity index (χ0v) is 18.3. The number of primary amides is 1. The van der Waals surface area contributed by atoms with Gasteiger partial charge in [-0.3, -0.25) is 14.6 Å². The average molecular weight is 448 g/mol. The molecule has 3 aromatic heterocycles. The molecular weight excluding hydrogens is 428 g/mol. The summed E-state index contributed by atoms with van der Waals surface area (Å²) in [5.74, 6) is -0.441. The van der Waals surface area contributed by atoms with Crippen LogP contribution in [0, 0.1) is 0 Å². The predicted molar refractivity (Wildman–Crippen MR) is 129 cm³/mol. The molecule has 0 saturated carbocycles. The first-order valence-electron chi connectivity index (χ1n) is 10.8. The van der Waals surface area contributed by atoms with Crippen LogP contribution in [0.1, 0.15) is 28.9 Å². The van der Waals surface area contributed by atoms with Gasteiger partial charge in [-0.25, -0.2) is 4.68 Å². The van der Waals surface area contributed by atoms with Crippen LogP contribution in [0.2, 0.25) is 0 Å². The van der Waals surface area contributed by atoms with Crippen molar-refractivity contribution >= 4 is 27.8 Å². The van der Waals surface area contributed by atoms with Crippen molar-refractivity contribution in [2.75, 3.05) is 0 Å². The van der Waals surface area contributed by atoms with Crippen molar-refractivity contribution in [1.82, 2.24) is 35.0 Å². The molecule has 1 amide bonds. The van der Waals surface area contributed by atoms with Crippen molar-refractivity contribution < 1.29 is 4.79 Å². The number of H-pyrrole nitrogens is 1. The van der Waals surface area contributed by atoms with Crippen LogP contribution in [0.15, 0.2) is 79.1 Å². The third kappa shape index (κ3) is 3.22. The molecule has 0 aliphatic carbocycles.